The lowest BCUT2D eigenvalue weighted by Gasteiger charge is -2.35. The van der Waals surface area contributed by atoms with Crippen LogP contribution in [0.2, 0.25) is 0 Å². The molecule has 196 valence electrons. The van der Waals surface area contributed by atoms with Gasteiger partial charge >= 0.3 is 0 Å². The number of halogens is 2. The summed E-state index contributed by atoms with van der Waals surface area (Å²) in [5, 5.41) is 17.4. The lowest BCUT2D eigenvalue weighted by molar-refractivity contribution is -0.122. The van der Waals surface area contributed by atoms with Crippen molar-refractivity contribution in [2.24, 2.45) is 0 Å². The first-order chi connectivity index (χ1) is 16.2. The van der Waals surface area contributed by atoms with E-state index in [1.807, 2.05) is 6.92 Å². The number of aliphatic hydroxyl groups is 1. The van der Waals surface area contributed by atoms with E-state index in [1.54, 1.807) is 35.9 Å². The first-order valence-electron chi connectivity index (χ1n) is 10.8. The van der Waals surface area contributed by atoms with Gasteiger partial charge in [0.2, 0.25) is 5.95 Å². The number of nitrogens with one attached hydrogen (secondary N) is 1. The maximum Gasteiger partial charge on any atom is 0.225 e. The number of benzene rings is 1. The Kier molecular flexibility index (Phi) is 9.09. The molecule has 3 aromatic rings. The zero-order valence-corrected chi connectivity index (χ0v) is 19.3. The maximum absolute atomic E-state index is 13.9. The number of ketones is 1. The van der Waals surface area contributed by atoms with E-state index in [4.69, 9.17) is 4.74 Å². The minimum atomic E-state index is -0.823. The summed E-state index contributed by atoms with van der Waals surface area (Å²) in [5.74, 6) is -1.02. The molecule has 0 radical (unpaired) electrons. The largest absolute Gasteiger partial charge is 0.491 e. The number of anilines is 2. The van der Waals surface area contributed by atoms with Crippen molar-refractivity contribution in [1.82, 2.24) is 19.7 Å². The molecule has 3 heterocycles. The van der Waals surface area contributed by atoms with E-state index in [-0.39, 0.29) is 33.6 Å². The van der Waals surface area contributed by atoms with Crippen molar-refractivity contribution < 1.29 is 23.4 Å². The van der Waals surface area contributed by atoms with Gasteiger partial charge < -0.3 is 20.1 Å². The van der Waals surface area contributed by atoms with Gasteiger partial charge in [-0.15, -0.1) is 0 Å². The van der Waals surface area contributed by atoms with Crippen molar-refractivity contribution >= 4 is 17.5 Å². The second kappa shape index (κ2) is 11.4. The summed E-state index contributed by atoms with van der Waals surface area (Å²) in [5.41, 5.74) is 2.67. The smallest absolute Gasteiger partial charge is 0.225 e. The van der Waals surface area contributed by atoms with Crippen molar-refractivity contribution in [1.29, 1.82) is 0 Å². The van der Waals surface area contributed by atoms with Crippen LogP contribution in [-0.4, -0.2) is 56.9 Å². The molecule has 4 rings (SSSR count). The molecule has 1 aromatic carbocycles. The number of methoxy groups -OCH3 is 1. The van der Waals surface area contributed by atoms with Crippen LogP contribution >= 0.6 is 0 Å². The number of aryl methyl sites for hydroxylation is 1. The zero-order chi connectivity index (χ0) is 24.6. The van der Waals surface area contributed by atoms with Gasteiger partial charge in [0.05, 0.1) is 26.0 Å². The third-order valence-corrected chi connectivity index (χ3v) is 5.83. The number of fused-ring (bicyclic) bond motifs is 1. The van der Waals surface area contributed by atoms with Crippen LogP contribution in [0.3, 0.4) is 0 Å². The summed E-state index contributed by atoms with van der Waals surface area (Å²) in [7, 11) is 2.95. The fraction of sp³-hybridized carbons (Fsp3) is 0.440. The topological polar surface area (TPSA) is 105 Å². The van der Waals surface area contributed by atoms with E-state index in [2.05, 4.69) is 20.4 Å². The average molecular weight is 505 g/mol. The molecule has 0 aliphatic carbocycles. The van der Waals surface area contributed by atoms with E-state index < -0.39 is 29.5 Å². The van der Waals surface area contributed by atoms with Gasteiger partial charge in [-0.1, -0.05) is 14.9 Å². The number of ether oxygens (including phenoxy) is 1. The number of carbonyl (C=O) groups excluding carboxylic acids is 1. The number of hydrogen-bond acceptors (Lipinski definition) is 8. The summed E-state index contributed by atoms with van der Waals surface area (Å²) in [6.07, 6.45) is 2.76. The molecule has 0 unspecified atom stereocenters. The highest BCUT2D eigenvalue weighted by molar-refractivity contribution is 5.93. The number of aliphatic hydroxyl groups excluding tert-OH is 1. The predicted octanol–water partition coefficient (Wildman–Crippen LogP) is 3.51. The predicted molar refractivity (Wildman–Crippen MR) is 134 cm³/mol. The fourth-order valence-electron chi connectivity index (χ4n) is 4.23. The molecule has 2 N–H and O–H groups in total. The molecule has 0 saturated carbocycles. The summed E-state index contributed by atoms with van der Waals surface area (Å²) in [6.45, 7) is 3.96. The first-order valence-corrected chi connectivity index (χ1v) is 10.8. The van der Waals surface area contributed by atoms with Crippen LogP contribution in [0.5, 0.6) is 5.75 Å². The molecular weight excluding hydrogens is 470 g/mol. The van der Waals surface area contributed by atoms with Gasteiger partial charge in [-0.25, -0.2) is 13.8 Å². The van der Waals surface area contributed by atoms with Gasteiger partial charge in [-0.2, -0.15) is 10.1 Å². The van der Waals surface area contributed by atoms with Gasteiger partial charge in [0.25, 0.3) is 0 Å². The Morgan fingerprint density at radius 1 is 1.22 bits per heavy atom. The zero-order valence-electron chi connectivity index (χ0n) is 19.3. The van der Waals surface area contributed by atoms with Crippen LogP contribution in [0, 0.1) is 18.6 Å². The van der Waals surface area contributed by atoms with Gasteiger partial charge in [0, 0.05) is 43.0 Å². The molecule has 2 aromatic heterocycles. The van der Waals surface area contributed by atoms with E-state index in [0.717, 1.165) is 11.1 Å². The van der Waals surface area contributed by atoms with Crippen molar-refractivity contribution in [3.05, 3.63) is 58.5 Å². The minimum absolute atomic E-state index is 0. The van der Waals surface area contributed by atoms with Crippen molar-refractivity contribution in [2.75, 3.05) is 24.4 Å². The molecule has 36 heavy (non-hydrogen) atoms. The molecule has 0 bridgehead atoms. The summed E-state index contributed by atoms with van der Waals surface area (Å²) in [6, 6.07) is 1.78. The number of rotatable bonds is 7. The van der Waals surface area contributed by atoms with Crippen molar-refractivity contribution in [2.45, 2.75) is 60.4 Å². The molecule has 1 aliphatic rings. The lowest BCUT2D eigenvalue weighted by Crippen LogP contribution is -2.50. The number of hydrogen-bond donors (Lipinski definition) is 2. The Morgan fingerprint density at radius 2 is 1.89 bits per heavy atom. The van der Waals surface area contributed by atoms with E-state index >= 15 is 0 Å². The number of carbonyl (C=O) groups is 1. The number of nitrogens with zero attached hydrogens (tertiary/aromatic N) is 5. The molecule has 2 atom stereocenters. The van der Waals surface area contributed by atoms with Crippen molar-refractivity contribution in [3.63, 3.8) is 0 Å². The molecule has 0 saturated heterocycles. The van der Waals surface area contributed by atoms with E-state index in [9.17, 15) is 18.7 Å². The Labute approximate surface area is 210 Å². The Hall–Kier alpha value is -3.60. The van der Waals surface area contributed by atoms with Gasteiger partial charge in [-0.05, 0) is 31.5 Å². The maximum atomic E-state index is 13.9. The molecule has 0 spiro atoms. The fourth-order valence-corrected chi connectivity index (χ4v) is 4.23. The van der Waals surface area contributed by atoms with Crippen LogP contribution in [0.15, 0.2) is 24.5 Å². The van der Waals surface area contributed by atoms with Gasteiger partial charge in [0.15, 0.2) is 23.2 Å². The Balaban J connectivity index is 0.00000228. The third kappa shape index (κ3) is 5.62. The SMILES string of the molecule is C.C.COc1c(F)cc(Cn2cc(CNc3nc(C)c4c(n3)N(C)[C@@H]([C@H](C)O)C(=O)C4)cn2)cc1F. The second-order valence-electron chi connectivity index (χ2n) is 8.37. The first kappa shape index (κ1) is 28.6. The number of Topliss-reactive ketones (excluding diaryl/α,β-unsaturated/α-hetero) is 1. The average Bonchev–Trinajstić information content (AvgIpc) is 3.20. The molecule has 1 aliphatic heterocycles. The molecule has 9 nitrogen and oxygen atoms in total. The third-order valence-electron chi connectivity index (χ3n) is 5.83. The lowest BCUT2D eigenvalue weighted by atomic mass is 9.94. The number of aromatic nitrogens is 4. The normalized spacial score (nSPS) is 15.5. The van der Waals surface area contributed by atoms with E-state index in [0.29, 0.717) is 29.6 Å². The Morgan fingerprint density at radius 3 is 2.50 bits per heavy atom. The highest BCUT2D eigenvalue weighted by Gasteiger charge is 2.36. The summed E-state index contributed by atoms with van der Waals surface area (Å²) in [4.78, 5) is 23.2. The van der Waals surface area contributed by atoms with E-state index in [1.165, 1.54) is 19.2 Å². The quantitative estimate of drug-likeness (QED) is 0.504. The molecule has 11 heteroatoms. The summed E-state index contributed by atoms with van der Waals surface area (Å²) >= 11 is 0. The molecule has 0 amide bonds. The Bertz CT molecular complexity index is 1210. The van der Waals surface area contributed by atoms with Crippen LogP contribution in [0.4, 0.5) is 20.5 Å². The van der Waals surface area contributed by atoms with Crippen LogP contribution in [0.1, 0.15) is 44.2 Å². The highest BCUT2D eigenvalue weighted by Crippen LogP contribution is 2.30. The second-order valence-corrected chi connectivity index (χ2v) is 8.37. The standard InChI is InChI=1S/C23H26F2N6O3.2CH4/c1-12-16-7-19(33)20(13(2)32)30(3)22(16)29-23(28-12)26-8-15-9-27-31(11-15)10-14-5-17(24)21(34-4)18(25)6-14;;/h5-6,9,11,13,20,32H,7-8,10H2,1-4H3,(H,26,28,29);2*1H4/t13-,20-;;/m0../s1. The van der Waals surface area contributed by atoms with Gasteiger partial charge in [0.1, 0.15) is 11.9 Å². The summed E-state index contributed by atoms with van der Waals surface area (Å²) < 4.78 is 34.2. The van der Waals surface area contributed by atoms with Crippen LogP contribution < -0.4 is 15.0 Å². The molecule has 0 fully saturated rings. The van der Waals surface area contributed by atoms with Crippen molar-refractivity contribution in [3.8, 4) is 5.75 Å². The number of likely N-dealkylation sites (N-methyl/N-ethyl adjacent to an activating group) is 1. The van der Waals surface area contributed by atoms with Crippen LogP contribution in [0.25, 0.3) is 0 Å². The highest BCUT2D eigenvalue weighted by atomic mass is 19.1. The monoisotopic (exact) mass is 504 g/mol. The van der Waals surface area contributed by atoms with Crippen LogP contribution in [-0.2, 0) is 24.3 Å². The molecular formula is C25H34F2N6O3. The van der Waals surface area contributed by atoms with Gasteiger partial charge in [-0.3, -0.25) is 9.48 Å². The minimum Gasteiger partial charge on any atom is -0.491 e.